The molecule has 90 valence electrons. The molecule has 0 spiro atoms. The maximum Gasteiger partial charge on any atom is 0.244 e. The van der Waals surface area contributed by atoms with E-state index < -0.39 is 11.2 Å². The molecule has 1 aromatic rings. The van der Waals surface area contributed by atoms with E-state index in [-0.39, 0.29) is 11.5 Å². The molecular formula is C13H10FN3O. The topological polar surface area (TPSA) is 76.7 Å². The molecular weight excluding hydrogens is 233 g/mol. The molecule has 0 unspecified atom stereocenters. The molecule has 5 heteroatoms. The van der Waals surface area contributed by atoms with Crippen LogP contribution in [-0.2, 0) is 4.79 Å². The molecule has 1 N–H and O–H groups in total. The zero-order valence-corrected chi connectivity index (χ0v) is 9.53. The van der Waals surface area contributed by atoms with Gasteiger partial charge in [-0.3, -0.25) is 4.79 Å². The molecule has 1 saturated carbocycles. The van der Waals surface area contributed by atoms with Crippen LogP contribution in [0.5, 0.6) is 0 Å². The van der Waals surface area contributed by atoms with Gasteiger partial charge in [0.05, 0.1) is 11.6 Å². The summed E-state index contributed by atoms with van der Waals surface area (Å²) in [4.78, 5) is 11.9. The fourth-order valence-corrected chi connectivity index (χ4v) is 1.86. The van der Waals surface area contributed by atoms with Gasteiger partial charge in [-0.1, -0.05) is 0 Å². The molecule has 0 saturated heterocycles. The molecule has 1 amide bonds. The summed E-state index contributed by atoms with van der Waals surface area (Å²) in [5.41, 5.74) is -0.756. The maximum atomic E-state index is 13.1. The van der Waals surface area contributed by atoms with Crippen LogP contribution in [0.4, 0.5) is 10.1 Å². The van der Waals surface area contributed by atoms with Crippen molar-refractivity contribution in [1.29, 1.82) is 10.5 Å². The molecule has 0 atom stereocenters. The van der Waals surface area contributed by atoms with Crippen molar-refractivity contribution in [3.63, 3.8) is 0 Å². The van der Waals surface area contributed by atoms with Crippen molar-refractivity contribution in [2.24, 2.45) is 5.41 Å². The third kappa shape index (κ3) is 1.91. The summed E-state index contributed by atoms with van der Waals surface area (Å²) in [6.45, 7) is 0. The Labute approximate surface area is 104 Å². The highest BCUT2D eigenvalue weighted by Crippen LogP contribution is 2.41. The lowest BCUT2D eigenvalue weighted by Gasteiger charge is -2.33. The summed E-state index contributed by atoms with van der Waals surface area (Å²) >= 11 is 0. The van der Waals surface area contributed by atoms with Gasteiger partial charge < -0.3 is 5.32 Å². The van der Waals surface area contributed by atoms with Crippen LogP contribution in [-0.4, -0.2) is 5.91 Å². The first kappa shape index (κ1) is 12.1. The minimum Gasteiger partial charge on any atom is -0.325 e. The van der Waals surface area contributed by atoms with Crippen LogP contribution < -0.4 is 5.32 Å². The van der Waals surface area contributed by atoms with Gasteiger partial charge in [-0.2, -0.15) is 10.5 Å². The maximum absolute atomic E-state index is 13.1. The van der Waals surface area contributed by atoms with Crippen molar-refractivity contribution in [2.75, 3.05) is 5.32 Å². The molecule has 0 bridgehead atoms. The van der Waals surface area contributed by atoms with Crippen LogP contribution in [0.15, 0.2) is 18.2 Å². The van der Waals surface area contributed by atoms with E-state index >= 15 is 0 Å². The van der Waals surface area contributed by atoms with Gasteiger partial charge in [-0.05, 0) is 37.5 Å². The summed E-state index contributed by atoms with van der Waals surface area (Å²) in [5, 5.41) is 20.3. The number of nitrogens with one attached hydrogen (secondary N) is 1. The Morgan fingerprint density at radius 1 is 1.39 bits per heavy atom. The Bertz CT molecular complexity index is 579. The second-order valence-corrected chi connectivity index (χ2v) is 4.31. The fourth-order valence-electron chi connectivity index (χ4n) is 1.86. The summed E-state index contributed by atoms with van der Waals surface area (Å²) in [5.74, 6) is -1.01. The fraction of sp³-hybridized carbons (Fsp3) is 0.308. The molecule has 1 fully saturated rings. The van der Waals surface area contributed by atoms with Crippen molar-refractivity contribution in [3.8, 4) is 12.1 Å². The summed E-state index contributed by atoms with van der Waals surface area (Å²) in [7, 11) is 0. The zero-order valence-electron chi connectivity index (χ0n) is 9.53. The van der Waals surface area contributed by atoms with Gasteiger partial charge in [-0.25, -0.2) is 4.39 Å². The Kier molecular flexibility index (Phi) is 2.99. The molecule has 0 heterocycles. The molecule has 4 nitrogen and oxygen atoms in total. The third-order valence-electron chi connectivity index (χ3n) is 3.20. The molecule has 2 rings (SSSR count). The lowest BCUT2D eigenvalue weighted by atomic mass is 9.69. The van der Waals surface area contributed by atoms with Gasteiger partial charge in [0, 0.05) is 5.69 Å². The molecule has 0 aromatic heterocycles. The number of carbonyl (C=O) groups excluding carboxylic acids is 1. The second kappa shape index (κ2) is 4.46. The van der Waals surface area contributed by atoms with Gasteiger partial charge in [0.25, 0.3) is 0 Å². The third-order valence-corrected chi connectivity index (χ3v) is 3.20. The van der Waals surface area contributed by atoms with Crippen LogP contribution in [0, 0.1) is 33.9 Å². The smallest absolute Gasteiger partial charge is 0.244 e. The van der Waals surface area contributed by atoms with Gasteiger partial charge in [-0.15, -0.1) is 0 Å². The van der Waals surface area contributed by atoms with Gasteiger partial charge in [0.2, 0.25) is 5.91 Å². The average Bonchev–Trinajstić information content (AvgIpc) is 2.31. The number of nitriles is 2. The van der Waals surface area contributed by atoms with E-state index in [2.05, 4.69) is 5.32 Å². The summed E-state index contributed by atoms with van der Waals surface area (Å²) in [6, 6.07) is 7.47. The van der Waals surface area contributed by atoms with Crippen LogP contribution in [0.3, 0.4) is 0 Å². The first-order valence-electron chi connectivity index (χ1n) is 5.54. The van der Waals surface area contributed by atoms with E-state index in [1.807, 2.05) is 6.07 Å². The Hall–Kier alpha value is -2.40. The van der Waals surface area contributed by atoms with Crippen LogP contribution in [0.2, 0.25) is 0 Å². The van der Waals surface area contributed by atoms with Crippen LogP contribution in [0.1, 0.15) is 24.8 Å². The largest absolute Gasteiger partial charge is 0.325 e. The summed E-state index contributed by atoms with van der Waals surface area (Å²) in [6.07, 6.45) is 1.94. The zero-order chi connectivity index (χ0) is 13.2. The minimum atomic E-state index is -0.957. The van der Waals surface area contributed by atoms with Gasteiger partial charge in [0.15, 0.2) is 0 Å². The number of carbonyl (C=O) groups is 1. The highest BCUT2D eigenvalue weighted by molar-refractivity contribution is 5.97. The van der Waals surface area contributed by atoms with E-state index in [0.717, 1.165) is 12.5 Å². The lowest BCUT2D eigenvalue weighted by Crippen LogP contribution is -2.40. The highest BCUT2D eigenvalue weighted by Gasteiger charge is 2.44. The van der Waals surface area contributed by atoms with Crippen molar-refractivity contribution in [2.45, 2.75) is 19.3 Å². The normalized spacial score (nSPS) is 15.9. The van der Waals surface area contributed by atoms with E-state index in [1.165, 1.54) is 12.1 Å². The lowest BCUT2D eigenvalue weighted by molar-refractivity contribution is -0.126. The van der Waals surface area contributed by atoms with Crippen molar-refractivity contribution >= 4 is 11.6 Å². The monoisotopic (exact) mass is 243 g/mol. The summed E-state index contributed by atoms with van der Waals surface area (Å²) < 4.78 is 13.1. The molecule has 18 heavy (non-hydrogen) atoms. The first-order valence-corrected chi connectivity index (χ1v) is 5.54. The molecule has 1 aliphatic rings. The van der Waals surface area contributed by atoms with Crippen LogP contribution >= 0.6 is 0 Å². The number of amides is 1. The number of benzene rings is 1. The minimum absolute atomic E-state index is 0.132. The van der Waals surface area contributed by atoms with Gasteiger partial charge >= 0.3 is 0 Å². The Balaban J connectivity index is 2.18. The van der Waals surface area contributed by atoms with Crippen LogP contribution in [0.25, 0.3) is 0 Å². The van der Waals surface area contributed by atoms with E-state index in [9.17, 15) is 9.18 Å². The second-order valence-electron chi connectivity index (χ2n) is 4.31. The highest BCUT2D eigenvalue weighted by atomic mass is 19.1. The quantitative estimate of drug-likeness (QED) is 0.865. The Morgan fingerprint density at radius 3 is 2.61 bits per heavy atom. The van der Waals surface area contributed by atoms with E-state index in [0.29, 0.717) is 18.5 Å². The van der Waals surface area contributed by atoms with Crippen molar-refractivity contribution < 1.29 is 9.18 Å². The first-order chi connectivity index (χ1) is 8.61. The number of halogens is 1. The predicted octanol–water partition coefficient (Wildman–Crippen LogP) is 2.33. The number of anilines is 1. The van der Waals surface area contributed by atoms with E-state index in [4.69, 9.17) is 10.5 Å². The molecule has 0 radical (unpaired) electrons. The van der Waals surface area contributed by atoms with E-state index in [1.54, 1.807) is 6.07 Å². The molecule has 0 aliphatic heterocycles. The van der Waals surface area contributed by atoms with Crippen molar-refractivity contribution in [1.82, 2.24) is 0 Å². The predicted molar refractivity (Wildman–Crippen MR) is 61.6 cm³/mol. The molecule has 1 aromatic carbocycles. The number of hydrogen-bond donors (Lipinski definition) is 1. The average molecular weight is 243 g/mol. The van der Waals surface area contributed by atoms with Crippen molar-refractivity contribution in [3.05, 3.63) is 29.6 Å². The molecule has 1 aliphatic carbocycles. The Morgan fingerprint density at radius 2 is 2.11 bits per heavy atom. The standard InChI is InChI=1S/C13H10FN3O/c14-11-3-2-10(6-9(11)7-15)17-12(18)13(8-16)4-1-5-13/h2-3,6H,1,4-5H2,(H,17,18). The number of rotatable bonds is 2. The SMILES string of the molecule is N#Cc1cc(NC(=O)C2(C#N)CCC2)ccc1F. The van der Waals surface area contributed by atoms with Gasteiger partial charge in [0.1, 0.15) is 17.3 Å². The number of hydrogen-bond acceptors (Lipinski definition) is 3. The number of nitrogens with zero attached hydrogens (tertiary/aromatic N) is 2.